The molecule has 1 fully saturated rings. The predicted molar refractivity (Wildman–Crippen MR) is 67.0 cm³/mol. The quantitative estimate of drug-likeness (QED) is 0.821. The first-order chi connectivity index (χ1) is 8.24. The van der Waals surface area contributed by atoms with Gasteiger partial charge in [0.15, 0.2) is 0 Å². The summed E-state index contributed by atoms with van der Waals surface area (Å²) in [4.78, 5) is 13.9. The lowest BCUT2D eigenvalue weighted by atomic mass is 9.98. The Morgan fingerprint density at radius 2 is 2.24 bits per heavy atom. The van der Waals surface area contributed by atoms with Gasteiger partial charge >= 0.3 is 0 Å². The molecule has 4 heteroatoms. The zero-order valence-corrected chi connectivity index (χ0v) is 10.3. The Morgan fingerprint density at radius 1 is 1.35 bits per heavy atom. The Bertz CT molecular complexity index is 461. The van der Waals surface area contributed by atoms with Crippen LogP contribution in [-0.2, 0) is 17.8 Å². The van der Waals surface area contributed by atoms with Gasteiger partial charge < -0.3 is 5.32 Å². The van der Waals surface area contributed by atoms with Crippen LogP contribution in [0.1, 0.15) is 17.5 Å². The maximum Gasteiger partial charge on any atom is 0.237 e. The minimum Gasteiger partial charge on any atom is -0.355 e. The molecular weight excluding hydrogens is 236 g/mol. The third-order valence-corrected chi connectivity index (χ3v) is 3.91. The maximum atomic E-state index is 11.7. The average molecular weight is 251 g/mol. The van der Waals surface area contributed by atoms with Crippen molar-refractivity contribution in [2.45, 2.75) is 25.4 Å². The van der Waals surface area contributed by atoms with Gasteiger partial charge in [-0.15, -0.1) is 0 Å². The van der Waals surface area contributed by atoms with Crippen molar-refractivity contribution >= 4 is 17.5 Å². The Hall–Kier alpha value is -1.06. The van der Waals surface area contributed by atoms with Gasteiger partial charge in [0.1, 0.15) is 0 Å². The number of nitrogens with one attached hydrogen (secondary N) is 1. The molecule has 1 aromatic rings. The minimum absolute atomic E-state index is 0.0575. The molecule has 3 rings (SSSR count). The summed E-state index contributed by atoms with van der Waals surface area (Å²) in [5, 5.41) is 3.67. The van der Waals surface area contributed by atoms with Crippen LogP contribution in [0.15, 0.2) is 18.2 Å². The van der Waals surface area contributed by atoms with Crippen molar-refractivity contribution in [3.63, 3.8) is 0 Å². The first-order valence-electron chi connectivity index (χ1n) is 6.03. The molecule has 2 aliphatic rings. The summed E-state index contributed by atoms with van der Waals surface area (Å²) < 4.78 is 0. The standard InChI is InChI=1S/C13H15ClN2O/c14-11-2-1-9-4-6-16(8-10(9)7-11)12-3-5-15-13(12)17/h1-2,7,12H,3-6,8H2,(H,15,17). The molecule has 0 bridgehead atoms. The molecule has 0 spiro atoms. The summed E-state index contributed by atoms with van der Waals surface area (Å²) in [5.41, 5.74) is 2.63. The summed E-state index contributed by atoms with van der Waals surface area (Å²) in [5.74, 6) is 0.176. The van der Waals surface area contributed by atoms with Crippen LogP contribution in [0, 0.1) is 0 Å². The highest BCUT2D eigenvalue weighted by Gasteiger charge is 2.31. The number of hydrogen-bond donors (Lipinski definition) is 1. The van der Waals surface area contributed by atoms with E-state index in [2.05, 4.69) is 16.3 Å². The molecule has 2 heterocycles. The molecule has 1 saturated heterocycles. The lowest BCUT2D eigenvalue weighted by molar-refractivity contribution is -0.124. The molecule has 3 nitrogen and oxygen atoms in total. The normalized spacial score (nSPS) is 24.5. The smallest absolute Gasteiger partial charge is 0.237 e. The van der Waals surface area contributed by atoms with Crippen LogP contribution in [0.25, 0.3) is 0 Å². The van der Waals surface area contributed by atoms with E-state index in [9.17, 15) is 4.79 Å². The van der Waals surface area contributed by atoms with Crippen molar-refractivity contribution in [2.75, 3.05) is 13.1 Å². The van der Waals surface area contributed by atoms with Crippen LogP contribution in [0.5, 0.6) is 0 Å². The Kier molecular flexibility index (Phi) is 2.81. The molecule has 0 saturated carbocycles. The van der Waals surface area contributed by atoms with E-state index in [1.807, 2.05) is 12.1 Å². The zero-order valence-electron chi connectivity index (χ0n) is 9.58. The lowest BCUT2D eigenvalue weighted by Gasteiger charge is -2.32. The van der Waals surface area contributed by atoms with Gasteiger partial charge in [0.05, 0.1) is 6.04 Å². The second-order valence-corrected chi connectivity index (χ2v) is 5.17. The van der Waals surface area contributed by atoms with Crippen LogP contribution in [0.4, 0.5) is 0 Å². The van der Waals surface area contributed by atoms with Gasteiger partial charge in [0.2, 0.25) is 5.91 Å². The third-order valence-electron chi connectivity index (χ3n) is 3.67. The Morgan fingerprint density at radius 3 is 3.00 bits per heavy atom. The summed E-state index contributed by atoms with van der Waals surface area (Å²) in [6, 6.07) is 6.12. The number of rotatable bonds is 1. The number of carbonyl (C=O) groups is 1. The average Bonchev–Trinajstić information content (AvgIpc) is 2.74. The van der Waals surface area contributed by atoms with E-state index in [0.29, 0.717) is 0 Å². The molecule has 0 radical (unpaired) electrons. The van der Waals surface area contributed by atoms with Crippen molar-refractivity contribution in [3.8, 4) is 0 Å². The second-order valence-electron chi connectivity index (χ2n) is 4.73. The van der Waals surface area contributed by atoms with E-state index in [0.717, 1.165) is 37.5 Å². The number of hydrogen-bond acceptors (Lipinski definition) is 2. The number of amides is 1. The van der Waals surface area contributed by atoms with Crippen LogP contribution >= 0.6 is 11.6 Å². The van der Waals surface area contributed by atoms with Gasteiger partial charge in [-0.3, -0.25) is 9.69 Å². The van der Waals surface area contributed by atoms with Crippen molar-refractivity contribution in [1.29, 1.82) is 0 Å². The van der Waals surface area contributed by atoms with Crippen LogP contribution in [0.2, 0.25) is 5.02 Å². The molecular formula is C13H15ClN2O. The minimum atomic E-state index is 0.0575. The third kappa shape index (κ3) is 2.05. The Labute approximate surface area is 106 Å². The van der Waals surface area contributed by atoms with Crippen LogP contribution in [0.3, 0.4) is 0 Å². The number of benzene rings is 1. The van der Waals surface area contributed by atoms with E-state index in [1.54, 1.807) is 0 Å². The SMILES string of the molecule is O=C1NCCC1N1CCc2ccc(Cl)cc2C1. The summed E-state index contributed by atoms with van der Waals surface area (Å²) in [6.45, 7) is 2.61. The summed E-state index contributed by atoms with van der Waals surface area (Å²) in [7, 11) is 0. The number of halogens is 1. The summed E-state index contributed by atoms with van der Waals surface area (Å²) >= 11 is 6.01. The van der Waals surface area contributed by atoms with Gasteiger partial charge in [-0.2, -0.15) is 0 Å². The van der Waals surface area contributed by atoms with Crippen LogP contribution < -0.4 is 5.32 Å². The van der Waals surface area contributed by atoms with Crippen molar-refractivity contribution < 1.29 is 4.79 Å². The van der Waals surface area contributed by atoms with E-state index >= 15 is 0 Å². The molecule has 90 valence electrons. The van der Waals surface area contributed by atoms with Gasteiger partial charge in [-0.25, -0.2) is 0 Å². The number of fused-ring (bicyclic) bond motifs is 1. The Balaban J connectivity index is 1.82. The first-order valence-corrected chi connectivity index (χ1v) is 6.41. The molecule has 1 N–H and O–H groups in total. The molecule has 2 aliphatic heterocycles. The fourth-order valence-electron chi connectivity index (χ4n) is 2.74. The highest BCUT2D eigenvalue weighted by Crippen LogP contribution is 2.25. The zero-order chi connectivity index (χ0) is 11.8. The number of nitrogens with zero attached hydrogens (tertiary/aromatic N) is 1. The second kappa shape index (κ2) is 4.31. The molecule has 1 aromatic carbocycles. The van der Waals surface area contributed by atoms with E-state index in [4.69, 9.17) is 11.6 Å². The fraction of sp³-hybridized carbons (Fsp3) is 0.462. The molecule has 0 aliphatic carbocycles. The molecule has 17 heavy (non-hydrogen) atoms. The monoisotopic (exact) mass is 250 g/mol. The van der Waals surface area contributed by atoms with E-state index in [-0.39, 0.29) is 11.9 Å². The van der Waals surface area contributed by atoms with Gasteiger partial charge in [0.25, 0.3) is 0 Å². The van der Waals surface area contributed by atoms with E-state index < -0.39 is 0 Å². The van der Waals surface area contributed by atoms with Gasteiger partial charge in [-0.1, -0.05) is 17.7 Å². The fourth-order valence-corrected chi connectivity index (χ4v) is 2.94. The number of carbonyl (C=O) groups excluding carboxylic acids is 1. The van der Waals surface area contributed by atoms with Gasteiger partial charge in [0, 0.05) is 24.7 Å². The van der Waals surface area contributed by atoms with Crippen molar-refractivity contribution in [2.24, 2.45) is 0 Å². The highest BCUT2D eigenvalue weighted by atomic mass is 35.5. The largest absolute Gasteiger partial charge is 0.355 e. The van der Waals surface area contributed by atoms with Crippen LogP contribution in [-0.4, -0.2) is 29.9 Å². The molecule has 1 unspecified atom stereocenters. The lowest BCUT2D eigenvalue weighted by Crippen LogP contribution is -2.43. The topological polar surface area (TPSA) is 32.3 Å². The van der Waals surface area contributed by atoms with E-state index in [1.165, 1.54) is 11.1 Å². The predicted octanol–water partition coefficient (Wildman–Crippen LogP) is 1.59. The van der Waals surface area contributed by atoms with Gasteiger partial charge in [-0.05, 0) is 36.1 Å². The summed E-state index contributed by atoms with van der Waals surface area (Å²) in [6.07, 6.45) is 1.94. The maximum absolute atomic E-state index is 11.7. The van der Waals surface area contributed by atoms with Crippen molar-refractivity contribution in [3.05, 3.63) is 34.3 Å². The molecule has 1 atom stereocenters. The highest BCUT2D eigenvalue weighted by molar-refractivity contribution is 6.30. The van der Waals surface area contributed by atoms with Crippen molar-refractivity contribution in [1.82, 2.24) is 10.2 Å². The first kappa shape index (κ1) is 11.1. The molecule has 1 amide bonds. The molecule has 0 aromatic heterocycles.